The SMILES string of the molecule is CCOC(=O)c1sc2nc(C=Cc3ccc(O)c(OCC)c3)[nH]c(=O)c2c1C. The lowest BCUT2D eigenvalue weighted by Gasteiger charge is -2.06. The maximum Gasteiger partial charge on any atom is 0.348 e. The van der Waals surface area contributed by atoms with Crippen molar-refractivity contribution in [3.63, 3.8) is 0 Å². The maximum absolute atomic E-state index is 12.5. The summed E-state index contributed by atoms with van der Waals surface area (Å²) in [5.74, 6) is 0.356. The predicted octanol–water partition coefficient (Wildman–Crippen LogP) is 3.74. The van der Waals surface area contributed by atoms with Crippen molar-refractivity contribution in [3.05, 3.63) is 50.4 Å². The Balaban J connectivity index is 1.96. The minimum atomic E-state index is -0.452. The molecule has 3 rings (SSSR count). The summed E-state index contributed by atoms with van der Waals surface area (Å²) in [5.41, 5.74) is 1.04. The van der Waals surface area contributed by atoms with Crippen LogP contribution in [-0.4, -0.2) is 34.3 Å². The van der Waals surface area contributed by atoms with E-state index in [4.69, 9.17) is 9.47 Å². The molecule has 146 valence electrons. The molecule has 2 heterocycles. The number of fused-ring (bicyclic) bond motifs is 1. The molecule has 0 unspecified atom stereocenters. The van der Waals surface area contributed by atoms with E-state index < -0.39 is 5.97 Å². The van der Waals surface area contributed by atoms with Gasteiger partial charge in [-0.2, -0.15) is 0 Å². The third kappa shape index (κ3) is 3.91. The Morgan fingerprint density at radius 1 is 1.29 bits per heavy atom. The number of aromatic amines is 1. The molecule has 0 aliphatic carbocycles. The largest absolute Gasteiger partial charge is 0.504 e. The summed E-state index contributed by atoms with van der Waals surface area (Å²) in [4.78, 5) is 32.6. The van der Waals surface area contributed by atoms with Crippen LogP contribution in [0.1, 0.15) is 40.5 Å². The van der Waals surface area contributed by atoms with Gasteiger partial charge in [0.05, 0.1) is 18.6 Å². The number of H-pyrrole nitrogens is 1. The highest BCUT2D eigenvalue weighted by atomic mass is 32.1. The quantitative estimate of drug-likeness (QED) is 0.611. The first-order valence-electron chi connectivity index (χ1n) is 8.79. The van der Waals surface area contributed by atoms with Crippen LogP contribution in [0.3, 0.4) is 0 Å². The van der Waals surface area contributed by atoms with Gasteiger partial charge in [-0.05, 0) is 50.1 Å². The number of hydrogen-bond acceptors (Lipinski definition) is 7. The van der Waals surface area contributed by atoms with E-state index in [1.807, 2.05) is 6.92 Å². The van der Waals surface area contributed by atoms with Crippen LogP contribution in [0.5, 0.6) is 11.5 Å². The number of phenols is 1. The van der Waals surface area contributed by atoms with Crippen molar-refractivity contribution in [1.29, 1.82) is 0 Å². The molecule has 0 fully saturated rings. The Kier molecular flexibility index (Phi) is 5.79. The second kappa shape index (κ2) is 8.26. The molecular formula is C20H20N2O5S. The van der Waals surface area contributed by atoms with Crippen molar-refractivity contribution in [2.24, 2.45) is 0 Å². The number of carbonyl (C=O) groups excluding carboxylic acids is 1. The molecule has 3 aromatic rings. The summed E-state index contributed by atoms with van der Waals surface area (Å²) < 4.78 is 10.4. The topological polar surface area (TPSA) is 102 Å². The van der Waals surface area contributed by atoms with Crippen molar-refractivity contribution in [1.82, 2.24) is 9.97 Å². The van der Waals surface area contributed by atoms with Gasteiger partial charge in [0.1, 0.15) is 15.5 Å². The molecule has 0 aliphatic heterocycles. The van der Waals surface area contributed by atoms with E-state index in [0.717, 1.165) is 16.9 Å². The van der Waals surface area contributed by atoms with Crippen LogP contribution in [0.2, 0.25) is 0 Å². The number of carbonyl (C=O) groups is 1. The van der Waals surface area contributed by atoms with Gasteiger partial charge in [0, 0.05) is 0 Å². The summed E-state index contributed by atoms with van der Waals surface area (Å²) in [7, 11) is 0. The Morgan fingerprint density at radius 3 is 2.79 bits per heavy atom. The molecule has 7 nitrogen and oxygen atoms in total. The van der Waals surface area contributed by atoms with Crippen LogP contribution >= 0.6 is 11.3 Å². The van der Waals surface area contributed by atoms with Crippen LogP contribution < -0.4 is 10.3 Å². The molecule has 0 spiro atoms. The summed E-state index contributed by atoms with van der Waals surface area (Å²) in [6, 6.07) is 4.96. The van der Waals surface area contributed by atoms with Crippen molar-refractivity contribution in [3.8, 4) is 11.5 Å². The molecule has 0 bridgehead atoms. The van der Waals surface area contributed by atoms with Crippen molar-refractivity contribution in [2.75, 3.05) is 13.2 Å². The van der Waals surface area contributed by atoms with E-state index in [-0.39, 0.29) is 17.9 Å². The summed E-state index contributed by atoms with van der Waals surface area (Å²) in [6.07, 6.45) is 3.40. The van der Waals surface area contributed by atoms with E-state index in [2.05, 4.69) is 9.97 Å². The molecule has 2 aromatic heterocycles. The van der Waals surface area contributed by atoms with Gasteiger partial charge < -0.3 is 19.6 Å². The first kappa shape index (κ1) is 19.6. The zero-order valence-electron chi connectivity index (χ0n) is 15.7. The fraction of sp³-hybridized carbons (Fsp3) is 0.250. The van der Waals surface area contributed by atoms with E-state index in [1.54, 1.807) is 38.1 Å². The molecule has 8 heteroatoms. The third-order valence-corrected chi connectivity index (χ3v) is 5.16. The third-order valence-electron chi connectivity index (χ3n) is 4.00. The Labute approximate surface area is 165 Å². The zero-order valence-corrected chi connectivity index (χ0v) is 16.6. The number of phenolic OH excluding ortho intramolecular Hbond substituents is 1. The van der Waals surface area contributed by atoms with Gasteiger partial charge in [-0.25, -0.2) is 9.78 Å². The minimum Gasteiger partial charge on any atom is -0.504 e. The maximum atomic E-state index is 12.5. The van der Waals surface area contributed by atoms with E-state index >= 15 is 0 Å². The second-order valence-electron chi connectivity index (χ2n) is 5.90. The standard InChI is InChI=1S/C20H20N2O5S/c1-4-26-14-10-12(6-8-13(14)23)7-9-15-21-18(24)16-11(3)17(20(25)27-5-2)28-19(16)22-15/h6-10,23H,4-5H2,1-3H3,(H,21,22,24). The number of nitrogens with one attached hydrogen (secondary N) is 1. The summed E-state index contributed by atoms with van der Waals surface area (Å²) in [6.45, 7) is 5.98. The van der Waals surface area contributed by atoms with Gasteiger partial charge in [-0.3, -0.25) is 4.79 Å². The predicted molar refractivity (Wildman–Crippen MR) is 109 cm³/mol. The van der Waals surface area contributed by atoms with Gasteiger partial charge in [-0.15, -0.1) is 11.3 Å². The summed E-state index contributed by atoms with van der Waals surface area (Å²) >= 11 is 1.14. The number of aromatic nitrogens is 2. The second-order valence-corrected chi connectivity index (χ2v) is 6.90. The number of hydrogen-bond donors (Lipinski definition) is 2. The number of nitrogens with zero attached hydrogens (tertiary/aromatic N) is 1. The average Bonchev–Trinajstić information content (AvgIpc) is 3.00. The number of benzene rings is 1. The van der Waals surface area contributed by atoms with Crippen LogP contribution in [0.15, 0.2) is 23.0 Å². The molecular weight excluding hydrogens is 380 g/mol. The van der Waals surface area contributed by atoms with E-state index in [1.165, 1.54) is 6.07 Å². The number of ether oxygens (including phenoxy) is 2. The molecule has 2 N–H and O–H groups in total. The lowest BCUT2D eigenvalue weighted by molar-refractivity contribution is 0.0531. The smallest absolute Gasteiger partial charge is 0.348 e. The molecule has 0 atom stereocenters. The van der Waals surface area contributed by atoms with Crippen LogP contribution in [0.4, 0.5) is 0 Å². The highest BCUT2D eigenvalue weighted by molar-refractivity contribution is 7.20. The van der Waals surface area contributed by atoms with Crippen molar-refractivity contribution < 1.29 is 19.4 Å². The van der Waals surface area contributed by atoms with Crippen LogP contribution in [0.25, 0.3) is 22.4 Å². The fourth-order valence-electron chi connectivity index (χ4n) is 2.71. The highest BCUT2D eigenvalue weighted by Crippen LogP contribution is 2.29. The lowest BCUT2D eigenvalue weighted by atomic mass is 10.2. The number of thiophene rings is 1. The van der Waals surface area contributed by atoms with Crippen LogP contribution in [0, 0.1) is 6.92 Å². The molecule has 0 radical (unpaired) electrons. The molecule has 0 saturated carbocycles. The average molecular weight is 400 g/mol. The van der Waals surface area contributed by atoms with Crippen LogP contribution in [-0.2, 0) is 4.74 Å². The highest BCUT2D eigenvalue weighted by Gasteiger charge is 2.19. The molecule has 0 saturated heterocycles. The Hall–Kier alpha value is -3.13. The number of aryl methyl sites for hydroxylation is 1. The zero-order chi connectivity index (χ0) is 20.3. The van der Waals surface area contributed by atoms with E-state index in [9.17, 15) is 14.7 Å². The van der Waals surface area contributed by atoms with Gasteiger partial charge in [-0.1, -0.05) is 12.1 Å². The molecule has 0 amide bonds. The Morgan fingerprint density at radius 2 is 2.07 bits per heavy atom. The lowest BCUT2D eigenvalue weighted by Crippen LogP contribution is -2.10. The first-order chi connectivity index (χ1) is 13.4. The number of aromatic hydroxyl groups is 1. The molecule has 0 aliphatic rings. The number of esters is 1. The Bertz CT molecular complexity index is 1110. The van der Waals surface area contributed by atoms with Gasteiger partial charge in [0.25, 0.3) is 5.56 Å². The van der Waals surface area contributed by atoms with Gasteiger partial charge in [0.2, 0.25) is 0 Å². The van der Waals surface area contributed by atoms with Gasteiger partial charge >= 0.3 is 5.97 Å². The molecule has 28 heavy (non-hydrogen) atoms. The van der Waals surface area contributed by atoms with E-state index in [0.29, 0.717) is 38.8 Å². The fourth-order valence-corrected chi connectivity index (χ4v) is 3.79. The van der Waals surface area contributed by atoms with Crippen molar-refractivity contribution in [2.45, 2.75) is 20.8 Å². The molecule has 1 aromatic carbocycles. The normalized spacial score (nSPS) is 11.2. The first-order valence-corrected chi connectivity index (χ1v) is 9.60. The minimum absolute atomic E-state index is 0.0625. The monoisotopic (exact) mass is 400 g/mol. The number of rotatable bonds is 6. The van der Waals surface area contributed by atoms with Crippen molar-refractivity contribution >= 4 is 39.7 Å². The summed E-state index contributed by atoms with van der Waals surface area (Å²) in [5, 5.41) is 10.2. The van der Waals surface area contributed by atoms with Gasteiger partial charge in [0.15, 0.2) is 11.5 Å².